The second-order valence-corrected chi connectivity index (χ2v) is 6.49. The molecule has 0 saturated carbocycles. The fourth-order valence-corrected chi connectivity index (χ4v) is 3.07. The van der Waals surface area contributed by atoms with Crippen LogP contribution < -0.4 is 15.5 Å². The van der Waals surface area contributed by atoms with Crippen LogP contribution in [0.5, 0.6) is 0 Å². The van der Waals surface area contributed by atoms with Crippen LogP contribution in [-0.4, -0.2) is 28.2 Å². The first-order valence-corrected chi connectivity index (χ1v) is 8.85. The van der Waals surface area contributed by atoms with Crippen molar-refractivity contribution in [3.8, 4) is 0 Å². The van der Waals surface area contributed by atoms with Crippen LogP contribution in [0.3, 0.4) is 0 Å². The van der Waals surface area contributed by atoms with Gasteiger partial charge >= 0.3 is 0 Å². The van der Waals surface area contributed by atoms with Crippen LogP contribution in [0, 0.1) is 0 Å². The zero-order valence-electron chi connectivity index (χ0n) is 13.6. The number of thiocarbonyl (C=S) groups is 1. The fraction of sp³-hybridized carbons (Fsp3) is 0.353. The number of nitrogens with zero attached hydrogens (tertiary/aromatic N) is 3. The first-order valence-electron chi connectivity index (χ1n) is 8.07. The number of anilines is 2. The predicted octanol–water partition coefficient (Wildman–Crippen LogP) is 3.39. The smallest absolute Gasteiger partial charge is 0.232 e. The Morgan fingerprint density at radius 3 is 2.88 bits per heavy atom. The molecular formula is C17H20ClN5S. The molecular weight excluding hydrogens is 342 g/mol. The van der Waals surface area contributed by atoms with Gasteiger partial charge in [-0.25, -0.2) is 4.98 Å². The van der Waals surface area contributed by atoms with Crippen LogP contribution in [0.15, 0.2) is 30.3 Å². The maximum atomic E-state index is 6.18. The molecule has 2 heterocycles. The molecule has 0 fully saturated rings. The van der Waals surface area contributed by atoms with Gasteiger partial charge < -0.3 is 15.5 Å². The molecule has 24 heavy (non-hydrogen) atoms. The van der Waals surface area contributed by atoms with Crippen molar-refractivity contribution in [3.63, 3.8) is 0 Å². The van der Waals surface area contributed by atoms with E-state index < -0.39 is 0 Å². The summed E-state index contributed by atoms with van der Waals surface area (Å²) in [5.74, 6) is 1.23. The molecule has 0 aliphatic carbocycles. The van der Waals surface area contributed by atoms with E-state index in [2.05, 4.69) is 56.7 Å². The summed E-state index contributed by atoms with van der Waals surface area (Å²) in [6.07, 6.45) is 1.99. The number of aromatic nitrogens is 2. The number of fused-ring (bicyclic) bond motifs is 1. The van der Waals surface area contributed by atoms with Gasteiger partial charge in [0.1, 0.15) is 11.0 Å². The van der Waals surface area contributed by atoms with Gasteiger partial charge in [-0.1, -0.05) is 42.8 Å². The fourth-order valence-electron chi connectivity index (χ4n) is 2.70. The quantitative estimate of drug-likeness (QED) is 0.643. The van der Waals surface area contributed by atoms with Gasteiger partial charge in [0.25, 0.3) is 0 Å². The van der Waals surface area contributed by atoms with Crippen molar-refractivity contribution in [2.45, 2.75) is 26.3 Å². The van der Waals surface area contributed by atoms with E-state index in [9.17, 15) is 0 Å². The van der Waals surface area contributed by atoms with Crippen molar-refractivity contribution in [2.75, 3.05) is 23.3 Å². The third-order valence-corrected chi connectivity index (χ3v) is 4.34. The number of benzene rings is 1. The Balaban J connectivity index is 1.76. The van der Waals surface area contributed by atoms with Crippen LogP contribution in [0.2, 0.25) is 5.15 Å². The molecule has 0 amide bonds. The molecule has 1 aromatic carbocycles. The van der Waals surface area contributed by atoms with Gasteiger partial charge in [0, 0.05) is 25.7 Å². The number of hydrogen-bond donors (Lipinski definition) is 2. The largest absolute Gasteiger partial charge is 0.362 e. The number of halogens is 1. The maximum Gasteiger partial charge on any atom is 0.232 e. The Labute approximate surface area is 152 Å². The van der Waals surface area contributed by atoms with Crippen molar-refractivity contribution < 1.29 is 0 Å². The minimum atomic E-state index is 0.402. The highest BCUT2D eigenvalue weighted by molar-refractivity contribution is 7.80. The summed E-state index contributed by atoms with van der Waals surface area (Å²) in [6.45, 7) is 4.61. The second kappa shape index (κ2) is 7.77. The van der Waals surface area contributed by atoms with E-state index in [0.717, 1.165) is 38.3 Å². The van der Waals surface area contributed by atoms with Crippen molar-refractivity contribution in [3.05, 3.63) is 46.6 Å². The Morgan fingerprint density at radius 1 is 1.29 bits per heavy atom. The molecule has 126 valence electrons. The SMILES string of the molecule is CCCNC(=S)Nc1nc(Cl)cc(N2CCc3ccccc3C2)n1. The third kappa shape index (κ3) is 4.13. The molecule has 1 aliphatic rings. The third-order valence-electron chi connectivity index (χ3n) is 3.90. The summed E-state index contributed by atoms with van der Waals surface area (Å²) < 4.78 is 0. The lowest BCUT2D eigenvalue weighted by Gasteiger charge is -2.30. The number of rotatable bonds is 4. The minimum Gasteiger partial charge on any atom is -0.362 e. The Morgan fingerprint density at radius 2 is 2.08 bits per heavy atom. The van der Waals surface area contributed by atoms with E-state index in [-0.39, 0.29) is 0 Å². The molecule has 2 aromatic rings. The normalized spacial score (nSPS) is 13.3. The molecule has 0 atom stereocenters. The minimum absolute atomic E-state index is 0.402. The maximum absolute atomic E-state index is 6.18. The molecule has 7 heteroatoms. The molecule has 0 spiro atoms. The van der Waals surface area contributed by atoms with Crippen LogP contribution in [0.1, 0.15) is 24.5 Å². The van der Waals surface area contributed by atoms with Gasteiger partial charge in [-0.2, -0.15) is 4.98 Å². The van der Waals surface area contributed by atoms with Crippen LogP contribution in [0.25, 0.3) is 0 Å². The second-order valence-electron chi connectivity index (χ2n) is 5.69. The lowest BCUT2D eigenvalue weighted by Crippen LogP contribution is -2.32. The average Bonchev–Trinajstić information content (AvgIpc) is 2.59. The molecule has 1 aromatic heterocycles. The van der Waals surface area contributed by atoms with E-state index in [0.29, 0.717) is 16.2 Å². The average molecular weight is 362 g/mol. The number of hydrogen-bond acceptors (Lipinski definition) is 4. The van der Waals surface area contributed by atoms with Crippen LogP contribution >= 0.6 is 23.8 Å². The Bertz CT molecular complexity index is 737. The molecule has 5 nitrogen and oxygen atoms in total. The van der Waals surface area contributed by atoms with E-state index in [4.69, 9.17) is 23.8 Å². The van der Waals surface area contributed by atoms with Crippen molar-refractivity contribution in [1.82, 2.24) is 15.3 Å². The van der Waals surface area contributed by atoms with Crippen molar-refractivity contribution >= 4 is 40.7 Å². The van der Waals surface area contributed by atoms with Gasteiger partial charge in [-0.3, -0.25) is 0 Å². The lowest BCUT2D eigenvalue weighted by molar-refractivity contribution is 0.720. The molecule has 0 saturated heterocycles. The molecule has 0 unspecified atom stereocenters. The van der Waals surface area contributed by atoms with Gasteiger partial charge in [0.05, 0.1) is 0 Å². The van der Waals surface area contributed by atoms with Gasteiger partial charge in [0.2, 0.25) is 5.95 Å². The van der Waals surface area contributed by atoms with E-state index in [1.807, 2.05) is 0 Å². The number of nitrogens with one attached hydrogen (secondary N) is 2. The highest BCUT2D eigenvalue weighted by atomic mass is 35.5. The lowest BCUT2D eigenvalue weighted by atomic mass is 10.00. The monoisotopic (exact) mass is 361 g/mol. The molecule has 0 bridgehead atoms. The summed E-state index contributed by atoms with van der Waals surface area (Å²) in [4.78, 5) is 11.0. The van der Waals surface area contributed by atoms with E-state index >= 15 is 0 Å². The highest BCUT2D eigenvalue weighted by Gasteiger charge is 2.18. The highest BCUT2D eigenvalue weighted by Crippen LogP contribution is 2.25. The standard InChI is InChI=1S/C17H20ClN5S/c1-2-8-19-17(24)22-16-20-14(18)10-15(21-16)23-9-7-12-5-3-4-6-13(12)11-23/h3-6,10H,2,7-9,11H2,1H3,(H2,19,20,21,22,24). The van der Waals surface area contributed by atoms with Crippen molar-refractivity contribution in [2.24, 2.45) is 0 Å². The predicted molar refractivity (Wildman–Crippen MR) is 103 cm³/mol. The van der Waals surface area contributed by atoms with Gasteiger partial charge in [0.15, 0.2) is 5.11 Å². The molecule has 3 rings (SSSR count). The topological polar surface area (TPSA) is 53.1 Å². The zero-order chi connectivity index (χ0) is 16.9. The first kappa shape index (κ1) is 16.9. The van der Waals surface area contributed by atoms with E-state index in [1.165, 1.54) is 11.1 Å². The molecule has 2 N–H and O–H groups in total. The molecule has 0 radical (unpaired) electrons. The van der Waals surface area contributed by atoms with Crippen LogP contribution in [-0.2, 0) is 13.0 Å². The summed E-state index contributed by atoms with van der Waals surface area (Å²) >= 11 is 11.4. The molecule has 1 aliphatic heterocycles. The van der Waals surface area contributed by atoms with Crippen LogP contribution in [0.4, 0.5) is 11.8 Å². The first-order chi connectivity index (χ1) is 11.7. The summed E-state index contributed by atoms with van der Waals surface area (Å²) in [6, 6.07) is 10.3. The van der Waals surface area contributed by atoms with Gasteiger partial charge in [-0.15, -0.1) is 0 Å². The Hall–Kier alpha value is -1.92. The van der Waals surface area contributed by atoms with Gasteiger partial charge in [-0.05, 0) is 36.2 Å². The Kier molecular flexibility index (Phi) is 5.48. The van der Waals surface area contributed by atoms with E-state index in [1.54, 1.807) is 6.07 Å². The summed E-state index contributed by atoms with van der Waals surface area (Å²) in [5.41, 5.74) is 2.73. The zero-order valence-corrected chi connectivity index (χ0v) is 15.1. The summed E-state index contributed by atoms with van der Waals surface area (Å²) in [5, 5.41) is 7.01. The van der Waals surface area contributed by atoms with Crippen molar-refractivity contribution in [1.29, 1.82) is 0 Å². The summed E-state index contributed by atoms with van der Waals surface area (Å²) in [7, 11) is 0.